The second kappa shape index (κ2) is 9.71. The number of carbonyl (C=O) groups excluding carboxylic acids is 3. The van der Waals surface area contributed by atoms with E-state index in [1.54, 1.807) is 43.5 Å². The number of rotatable bonds is 4. The normalized spacial score (nSPS) is 27.0. The lowest BCUT2D eigenvalue weighted by Gasteiger charge is -2.43. The zero-order chi connectivity index (χ0) is 29.1. The van der Waals surface area contributed by atoms with Gasteiger partial charge in [-0.2, -0.15) is 13.2 Å². The summed E-state index contributed by atoms with van der Waals surface area (Å²) in [5.74, 6) is -1.46. The van der Waals surface area contributed by atoms with Gasteiger partial charge in [0.15, 0.2) is 0 Å². The fraction of sp³-hybridized carbons (Fsp3) is 0.355. The fourth-order valence-corrected chi connectivity index (χ4v) is 6.92. The van der Waals surface area contributed by atoms with Gasteiger partial charge in [-0.15, -0.1) is 0 Å². The molecule has 2 aromatic carbocycles. The first-order valence-corrected chi connectivity index (χ1v) is 13.6. The van der Waals surface area contributed by atoms with Crippen molar-refractivity contribution >= 4 is 23.5 Å². The van der Waals surface area contributed by atoms with Gasteiger partial charge in [0.2, 0.25) is 11.8 Å². The summed E-state index contributed by atoms with van der Waals surface area (Å²) in [6, 6.07) is 16.1. The fourth-order valence-electron chi connectivity index (χ4n) is 6.92. The average molecular weight is 563 g/mol. The van der Waals surface area contributed by atoms with E-state index >= 15 is 0 Å². The van der Waals surface area contributed by atoms with Gasteiger partial charge in [0.25, 0.3) is 5.91 Å². The second-order valence-electron chi connectivity index (χ2n) is 11.2. The van der Waals surface area contributed by atoms with Gasteiger partial charge < -0.3 is 15.5 Å². The number of halogens is 3. The number of alkyl halides is 3. The Bertz CT molecular complexity index is 1540. The number of nitrogens with zero attached hydrogens (tertiary/aromatic N) is 2. The number of hydrogen-bond donors (Lipinski definition) is 2. The molecule has 7 nitrogen and oxygen atoms in total. The molecule has 2 aliphatic heterocycles. The highest BCUT2D eigenvalue weighted by Crippen LogP contribution is 2.53. The molecule has 212 valence electrons. The van der Waals surface area contributed by atoms with E-state index in [0.717, 1.165) is 27.2 Å². The first kappa shape index (κ1) is 27.0. The van der Waals surface area contributed by atoms with E-state index in [1.807, 2.05) is 37.3 Å². The molecule has 0 unspecified atom stereocenters. The summed E-state index contributed by atoms with van der Waals surface area (Å²) >= 11 is 0. The van der Waals surface area contributed by atoms with Crippen molar-refractivity contribution in [3.05, 3.63) is 94.7 Å². The van der Waals surface area contributed by atoms with Crippen LogP contribution in [-0.2, 0) is 21.4 Å². The Labute approximate surface area is 235 Å². The summed E-state index contributed by atoms with van der Waals surface area (Å²) in [5.41, 5.74) is 2.84. The number of likely N-dealkylation sites (tertiary alicyclic amines) is 1. The van der Waals surface area contributed by atoms with E-state index in [-0.39, 0.29) is 23.8 Å². The highest BCUT2D eigenvalue weighted by Gasteiger charge is 2.55. The maximum absolute atomic E-state index is 13.5. The maximum atomic E-state index is 13.5. The van der Waals surface area contributed by atoms with E-state index < -0.39 is 48.0 Å². The molecule has 3 amide bonds. The minimum atomic E-state index is -4.58. The second-order valence-corrected chi connectivity index (χ2v) is 11.2. The number of pyridine rings is 1. The third-order valence-electron chi connectivity index (χ3n) is 9.03. The number of hydrogen-bond acceptors (Lipinski definition) is 4. The smallest absolute Gasteiger partial charge is 0.340 e. The molecule has 3 aromatic rings. The number of anilines is 1. The number of benzene rings is 2. The lowest BCUT2D eigenvalue weighted by atomic mass is 9.73. The molecule has 1 fully saturated rings. The van der Waals surface area contributed by atoms with Crippen LogP contribution in [0.4, 0.5) is 19.0 Å². The molecule has 3 heterocycles. The lowest BCUT2D eigenvalue weighted by Crippen LogP contribution is -2.59. The van der Waals surface area contributed by atoms with E-state index in [0.29, 0.717) is 12.2 Å². The van der Waals surface area contributed by atoms with Crippen LogP contribution >= 0.6 is 0 Å². The zero-order valence-corrected chi connectivity index (χ0v) is 22.5. The average Bonchev–Trinajstić information content (AvgIpc) is 3.40. The van der Waals surface area contributed by atoms with Gasteiger partial charge in [-0.25, -0.2) is 4.98 Å². The van der Waals surface area contributed by atoms with Crippen LogP contribution in [0, 0.1) is 0 Å². The molecule has 0 bridgehead atoms. The van der Waals surface area contributed by atoms with E-state index in [4.69, 9.17) is 0 Å². The quantitative estimate of drug-likeness (QED) is 0.483. The monoisotopic (exact) mass is 562 g/mol. The summed E-state index contributed by atoms with van der Waals surface area (Å²) < 4.78 is 40.4. The molecule has 1 saturated heterocycles. The van der Waals surface area contributed by atoms with Crippen molar-refractivity contribution in [3.63, 3.8) is 0 Å². The summed E-state index contributed by atoms with van der Waals surface area (Å²) in [4.78, 5) is 45.0. The van der Waals surface area contributed by atoms with Gasteiger partial charge >= 0.3 is 6.18 Å². The van der Waals surface area contributed by atoms with Crippen LogP contribution in [0.2, 0.25) is 0 Å². The predicted octanol–water partition coefficient (Wildman–Crippen LogP) is 4.70. The van der Waals surface area contributed by atoms with Crippen molar-refractivity contribution in [2.45, 2.75) is 62.2 Å². The van der Waals surface area contributed by atoms with Crippen LogP contribution in [-0.4, -0.2) is 52.4 Å². The number of aromatic nitrogens is 1. The van der Waals surface area contributed by atoms with Gasteiger partial charge in [-0.1, -0.05) is 49.4 Å². The standard InChI is InChI=1S/C31H29F3N4O3/c1-17-22-11-10-20(13-21(22)15-30(17)24-9-6-12-35-26(24)37-29(30)41)27(39)36-25-14-23(19-7-4-3-5-8-19)18(2)38(28(25)40)16-31(32,33)34/h3-13,17-18,23,25H,14-16H2,1-2H3,(H,36,39)(H,35,37,41)/t17-,18-,23-,25+,30-/m1/s1. The van der Waals surface area contributed by atoms with E-state index in [9.17, 15) is 27.6 Å². The number of nitrogens with one attached hydrogen (secondary N) is 2. The van der Waals surface area contributed by atoms with Crippen LogP contribution in [0.3, 0.4) is 0 Å². The molecule has 3 aliphatic rings. The van der Waals surface area contributed by atoms with Crippen molar-refractivity contribution in [1.82, 2.24) is 15.2 Å². The number of amides is 3. The Kier molecular flexibility index (Phi) is 6.39. The molecule has 10 heteroatoms. The molecule has 41 heavy (non-hydrogen) atoms. The summed E-state index contributed by atoms with van der Waals surface area (Å²) in [7, 11) is 0. The number of piperidine rings is 1. The molecule has 1 spiro atoms. The molecule has 1 aromatic heterocycles. The molecule has 5 atom stereocenters. The molecular formula is C31H29F3N4O3. The Balaban J connectivity index is 1.27. The predicted molar refractivity (Wildman–Crippen MR) is 145 cm³/mol. The van der Waals surface area contributed by atoms with Crippen LogP contribution < -0.4 is 10.6 Å². The van der Waals surface area contributed by atoms with Crippen LogP contribution in [0.15, 0.2) is 66.9 Å². The number of carbonyl (C=O) groups is 3. The van der Waals surface area contributed by atoms with Crippen molar-refractivity contribution in [2.24, 2.45) is 0 Å². The Morgan fingerprint density at radius 1 is 1.10 bits per heavy atom. The molecule has 0 saturated carbocycles. The minimum Gasteiger partial charge on any atom is -0.340 e. The van der Waals surface area contributed by atoms with Crippen LogP contribution in [0.5, 0.6) is 0 Å². The lowest BCUT2D eigenvalue weighted by molar-refractivity contribution is -0.170. The van der Waals surface area contributed by atoms with Crippen molar-refractivity contribution in [1.29, 1.82) is 0 Å². The Hall–Kier alpha value is -4.21. The van der Waals surface area contributed by atoms with E-state index in [1.165, 1.54) is 0 Å². The third-order valence-corrected chi connectivity index (χ3v) is 9.03. The molecule has 6 rings (SSSR count). The van der Waals surface area contributed by atoms with Crippen molar-refractivity contribution in [3.8, 4) is 0 Å². The molecule has 1 aliphatic carbocycles. The van der Waals surface area contributed by atoms with Crippen molar-refractivity contribution < 1.29 is 27.6 Å². The van der Waals surface area contributed by atoms with Gasteiger partial charge in [0, 0.05) is 35.2 Å². The first-order chi connectivity index (χ1) is 19.5. The highest BCUT2D eigenvalue weighted by atomic mass is 19.4. The van der Waals surface area contributed by atoms with Gasteiger partial charge in [-0.3, -0.25) is 14.4 Å². The number of fused-ring (bicyclic) bond motifs is 3. The van der Waals surface area contributed by atoms with Gasteiger partial charge in [0.1, 0.15) is 18.4 Å². The van der Waals surface area contributed by atoms with Crippen LogP contribution in [0.1, 0.15) is 64.7 Å². The summed E-state index contributed by atoms with van der Waals surface area (Å²) in [6.45, 7) is 2.21. The van der Waals surface area contributed by atoms with E-state index in [2.05, 4.69) is 15.6 Å². The summed E-state index contributed by atoms with van der Waals surface area (Å²) in [5, 5.41) is 5.60. The first-order valence-electron chi connectivity index (χ1n) is 13.6. The van der Waals surface area contributed by atoms with Gasteiger partial charge in [0.05, 0.1) is 5.41 Å². The Morgan fingerprint density at radius 2 is 1.85 bits per heavy atom. The van der Waals surface area contributed by atoms with Gasteiger partial charge in [-0.05, 0) is 54.7 Å². The third kappa shape index (κ3) is 4.45. The molecule has 0 radical (unpaired) electrons. The SMILES string of the molecule is C[C@@H]1[C@H](c2ccccc2)C[C@H](NC(=O)c2ccc3c(c2)C[C@@]2(C(=O)Nc4ncccc42)[C@@H]3C)C(=O)N1CC(F)(F)F. The zero-order valence-electron chi connectivity index (χ0n) is 22.5. The largest absolute Gasteiger partial charge is 0.406 e. The van der Waals surface area contributed by atoms with Crippen LogP contribution in [0.25, 0.3) is 0 Å². The maximum Gasteiger partial charge on any atom is 0.406 e. The highest BCUT2D eigenvalue weighted by molar-refractivity contribution is 6.07. The summed E-state index contributed by atoms with van der Waals surface area (Å²) in [6.07, 6.45) is -2.40. The van der Waals surface area contributed by atoms with Crippen molar-refractivity contribution in [2.75, 3.05) is 11.9 Å². The molecule has 2 N–H and O–H groups in total. The molecular weight excluding hydrogens is 533 g/mol. The minimum absolute atomic E-state index is 0.139. The topological polar surface area (TPSA) is 91.4 Å². The Morgan fingerprint density at radius 3 is 2.59 bits per heavy atom.